The SMILES string of the molecule is CCCCC1=NC2(CCCC2)C(=O)N1C.CCCCN(C)c1ncncc1C(=O)O.CCCCc1cn(CCCC)c(=O)n1C.CCCCc1nc(C(F)(F)C(F)(F)F)c(C(=O)O)n1C.CCCCc1nc(CCCC)n(C)n1.CCCCc1nc(Cl)c(C(=O)O)n1C.CCCCc1nc(Cl)c(CO)n1C.CCOc1nc2cccc(C(=O)OC(C)OC(=O)OC3CCCCC3)c2n1C.CCc1nc2c(C)cc(C)nc2n1C. The first-order valence-corrected chi connectivity index (χ1v) is 52.7. The zero-order valence-electron chi connectivity index (χ0n) is 91.1. The van der Waals surface area contributed by atoms with Gasteiger partial charge in [-0.25, -0.2) is 68.6 Å². The molecule has 1 spiro atoms. The number of unbranched alkanes of at least 4 members (excludes halogenated alkanes) is 9. The summed E-state index contributed by atoms with van der Waals surface area (Å²) in [5, 5.41) is 40.5. The van der Waals surface area contributed by atoms with Crippen molar-refractivity contribution < 1.29 is 90.1 Å². The number of nitrogens with zero attached hydrogens (tertiary/aromatic N) is 21. The maximum Gasteiger partial charge on any atom is 0.511 e. The molecule has 1 amide bonds. The number of fused-ring (bicyclic) bond motifs is 2. The number of pyridine rings is 1. The third kappa shape index (κ3) is 36.6. The van der Waals surface area contributed by atoms with Crippen molar-refractivity contribution in [3.05, 3.63) is 150 Å². The Bertz CT molecular complexity index is 5920. The summed E-state index contributed by atoms with van der Waals surface area (Å²) in [4.78, 5) is 127. The molecule has 148 heavy (non-hydrogen) atoms. The number of ether oxygens (including phenoxy) is 4. The second-order valence-corrected chi connectivity index (χ2v) is 37.6. The van der Waals surface area contributed by atoms with Crippen LogP contribution in [0.25, 0.3) is 22.2 Å². The van der Waals surface area contributed by atoms with Crippen molar-refractivity contribution in [2.24, 2.45) is 54.3 Å². The lowest BCUT2D eigenvalue weighted by Gasteiger charge is -2.22. The molecule has 1 aliphatic heterocycles. The van der Waals surface area contributed by atoms with Crippen LogP contribution in [0, 0.1) is 13.8 Å². The van der Waals surface area contributed by atoms with Crippen molar-refractivity contribution in [1.29, 1.82) is 0 Å². The molecular formula is C105H160Cl2F5N21O15. The van der Waals surface area contributed by atoms with Gasteiger partial charge >= 0.3 is 47.8 Å². The van der Waals surface area contributed by atoms with Crippen LogP contribution in [0.5, 0.6) is 6.01 Å². The number of hydrogen-bond donors (Lipinski definition) is 4. The van der Waals surface area contributed by atoms with Crippen LogP contribution in [-0.2, 0) is 132 Å². The number of carbonyl (C=O) groups is 6. The molecular weight excluding hydrogens is 1960 g/mol. The Morgan fingerprint density at radius 3 is 1.67 bits per heavy atom. The summed E-state index contributed by atoms with van der Waals surface area (Å²) in [6, 6.07) is 7.63. The van der Waals surface area contributed by atoms with Crippen molar-refractivity contribution in [3.63, 3.8) is 0 Å². The number of likely N-dealkylation sites (N-methyl/N-ethyl adjacent to an activating group) is 1. The lowest BCUT2D eigenvalue weighted by Crippen LogP contribution is -2.38. The van der Waals surface area contributed by atoms with Gasteiger partial charge in [-0.15, -0.1) is 0 Å². The number of amidine groups is 1. The number of aromatic nitrogens is 18. The average molecular weight is 2120 g/mol. The second-order valence-electron chi connectivity index (χ2n) is 36.9. The Balaban J connectivity index is 0.000000296. The van der Waals surface area contributed by atoms with E-state index in [2.05, 4.69) is 130 Å². The minimum absolute atomic E-state index is 0.0472. The molecule has 36 nitrogen and oxygen atoms in total. The van der Waals surface area contributed by atoms with Gasteiger partial charge in [0, 0.05) is 152 Å². The summed E-state index contributed by atoms with van der Waals surface area (Å²) < 4.78 is 98.4. The number of aliphatic hydroxyl groups excluding tert-OH is 1. The molecule has 2 aliphatic carbocycles. The van der Waals surface area contributed by atoms with E-state index in [1.165, 1.54) is 57.1 Å². The van der Waals surface area contributed by atoms with E-state index < -0.39 is 59.8 Å². The van der Waals surface area contributed by atoms with Crippen molar-refractivity contribution >= 4 is 93.0 Å². The number of imidazole rings is 6. The molecule has 13 rings (SSSR count). The summed E-state index contributed by atoms with van der Waals surface area (Å²) in [5.74, 6) is -3.25. The first-order chi connectivity index (χ1) is 70.3. The number of benzene rings is 1. The number of rotatable bonds is 40. The summed E-state index contributed by atoms with van der Waals surface area (Å²) in [6.07, 6.45) is 32.0. The van der Waals surface area contributed by atoms with E-state index in [-0.39, 0.29) is 58.5 Å². The van der Waals surface area contributed by atoms with Gasteiger partial charge in [-0.3, -0.25) is 28.2 Å². The summed E-state index contributed by atoms with van der Waals surface area (Å²) in [7, 11) is 16.0. The van der Waals surface area contributed by atoms with Crippen LogP contribution < -0.4 is 15.3 Å². The van der Waals surface area contributed by atoms with E-state index in [4.69, 9.17) is 67.6 Å². The highest BCUT2D eigenvalue weighted by Gasteiger charge is 2.62. The summed E-state index contributed by atoms with van der Waals surface area (Å²) in [6.45, 7) is 30.6. The molecule has 2 fully saturated rings. The van der Waals surface area contributed by atoms with Gasteiger partial charge in [0.2, 0.25) is 6.29 Å². The first kappa shape index (κ1) is 127. The van der Waals surface area contributed by atoms with Crippen molar-refractivity contribution in [3.8, 4) is 6.01 Å². The smallest absolute Gasteiger partial charge is 0.477 e. The van der Waals surface area contributed by atoms with Gasteiger partial charge < -0.3 is 67.4 Å². The van der Waals surface area contributed by atoms with Gasteiger partial charge in [-0.1, -0.05) is 176 Å². The molecule has 2 saturated carbocycles. The molecule has 0 bridgehead atoms. The molecule has 4 N–H and O–H groups in total. The number of aryl methyl sites for hydroxylation is 13. The Kier molecular flexibility index (Phi) is 54.2. The zero-order valence-corrected chi connectivity index (χ0v) is 92.6. The number of esters is 1. The van der Waals surface area contributed by atoms with Crippen LogP contribution in [-0.4, -0.2) is 205 Å². The highest BCUT2D eigenvalue weighted by Crippen LogP contribution is 2.45. The maximum atomic E-state index is 13.3. The van der Waals surface area contributed by atoms with Crippen molar-refractivity contribution in [2.45, 2.75) is 365 Å². The standard InChI is InChI=1S/C20H26N2O6.C12H20N2O.C12H22N2O.C11H13F5N2O2.C11H15N3.C11H21N3.C10H15N3O2.C9H13ClN2O2.C9H15ClN2O/c1-4-25-19-21-16-12-8-11-15(17(16)22(19)3)18(23)26-13(2)27-20(24)28-14-9-6-5-7-10-14;1-3-4-7-10-13-12(8-5-6-9-12)11(15)14(10)2;1-4-6-8-11-10-14(9-7-5-2)12(15)13(11)3;1-3-4-5-6-17-8(7(9(19)20)18(6)2)10(12,13)11(14,15)16;1-5-9-13-10-7(2)6-8(3)12-11(10)14(9)4;1-4-6-8-10-12-11(9-7-5-2)14(3)13-10;1-3-4-5-13(2)9-8(10(14)15)6-11-7-12-9;1-3-4-5-6-11-8(10)7(9(13)14)12(6)2;1-3-4-5-8-11-9(10)7(6-13)12(8)2/h8,11-14H,4-7,9-10H2,1-3H3;3-9H2,1-2H3;10H,4-9H2,1-3H3;3-5H2,1-2H3,(H,19,20);6H,5H2,1-4H3;4-9H2,1-3H3;6-7H,3-5H2,1-2H3,(H,14,15);3-5H2,1-2H3,(H,13,14);13H,3-6H2,1-2H3. The number of aliphatic hydroxyl groups is 1. The van der Waals surface area contributed by atoms with Crippen LogP contribution in [0.3, 0.4) is 0 Å². The molecule has 0 saturated heterocycles. The number of aliphatic imine (C=N–C) groups is 1. The highest BCUT2D eigenvalue weighted by atomic mass is 35.5. The summed E-state index contributed by atoms with van der Waals surface area (Å²) >= 11 is 11.5. The maximum absolute atomic E-state index is 13.3. The predicted molar refractivity (Wildman–Crippen MR) is 563 cm³/mol. The van der Waals surface area contributed by atoms with E-state index in [1.807, 2.05) is 81.0 Å². The number of halogens is 7. The van der Waals surface area contributed by atoms with Crippen molar-refractivity contribution in [1.82, 2.24) is 91.5 Å². The first-order valence-electron chi connectivity index (χ1n) is 52.0. The number of hydrogen-bond acceptors (Lipinski definition) is 24. The van der Waals surface area contributed by atoms with Gasteiger partial charge in [-0.05, 0) is 147 Å². The largest absolute Gasteiger partial charge is 0.511 e. The van der Waals surface area contributed by atoms with Gasteiger partial charge in [0.1, 0.15) is 69.8 Å². The fraction of sp³-hybridized carbons (Fsp3) is 0.638. The zero-order chi connectivity index (χ0) is 110. The van der Waals surface area contributed by atoms with Crippen LogP contribution in [0.4, 0.5) is 32.6 Å². The Labute approximate surface area is 876 Å². The molecule has 10 heterocycles. The number of amides is 1. The van der Waals surface area contributed by atoms with E-state index in [1.54, 1.807) is 57.8 Å². The molecule has 3 aliphatic rings. The Morgan fingerprint density at radius 1 is 0.581 bits per heavy atom. The molecule has 824 valence electrons. The molecule has 0 radical (unpaired) electrons. The topological polar surface area (TPSA) is 425 Å². The van der Waals surface area contributed by atoms with Crippen LogP contribution >= 0.6 is 23.2 Å². The number of anilines is 1. The molecule has 9 aromatic heterocycles. The van der Waals surface area contributed by atoms with Gasteiger partial charge in [0.25, 0.3) is 11.9 Å². The average Bonchev–Trinajstić information content (AvgIpc) is 1.60. The van der Waals surface area contributed by atoms with Gasteiger partial charge in [0.15, 0.2) is 38.9 Å². The van der Waals surface area contributed by atoms with E-state index in [9.17, 15) is 55.5 Å². The molecule has 10 aromatic rings. The Hall–Kier alpha value is -11.8. The van der Waals surface area contributed by atoms with Crippen LogP contribution in [0.2, 0.25) is 10.3 Å². The minimum atomic E-state index is -5.90. The molecule has 1 aromatic carbocycles. The normalized spacial score (nSPS) is 13.3. The second kappa shape index (κ2) is 63.3. The lowest BCUT2D eigenvalue weighted by atomic mass is 9.98. The number of carbonyl (C=O) groups excluding carboxylic acids is 3. The lowest BCUT2D eigenvalue weighted by molar-refractivity contribution is -0.291. The van der Waals surface area contributed by atoms with E-state index in [0.29, 0.717) is 58.7 Å². The molecule has 1 unspecified atom stereocenters. The highest BCUT2D eigenvalue weighted by molar-refractivity contribution is 6.32. The molecule has 43 heteroatoms. The van der Waals surface area contributed by atoms with Crippen LogP contribution in [0.15, 0.2) is 52.8 Å². The van der Waals surface area contributed by atoms with E-state index in [0.717, 1.165) is 256 Å². The fourth-order valence-electron chi connectivity index (χ4n) is 16.6. The van der Waals surface area contributed by atoms with Crippen molar-refractivity contribution in [2.75, 3.05) is 32.1 Å². The Morgan fingerprint density at radius 2 is 1.13 bits per heavy atom. The van der Waals surface area contributed by atoms with Gasteiger partial charge in [0.05, 0.1) is 35.5 Å². The van der Waals surface area contributed by atoms with Gasteiger partial charge in [-0.2, -0.15) is 32.0 Å². The van der Waals surface area contributed by atoms with E-state index >= 15 is 0 Å². The third-order valence-electron chi connectivity index (χ3n) is 25.3. The van der Waals surface area contributed by atoms with Crippen LogP contribution in [0.1, 0.15) is 368 Å². The molecule has 1 atom stereocenters. The fourth-order valence-corrected chi connectivity index (χ4v) is 17.2. The monoisotopic (exact) mass is 2120 g/mol. The number of carboxylic acid groups (broad SMARTS) is 3. The third-order valence-corrected chi connectivity index (χ3v) is 25.8. The number of aromatic carboxylic acids is 3. The minimum Gasteiger partial charge on any atom is -0.477 e. The quantitative estimate of drug-likeness (QED) is 0.0157. The number of carboxylic acids is 3. The predicted octanol–water partition coefficient (Wildman–Crippen LogP) is 21.8. The number of alkyl halides is 5. The summed E-state index contributed by atoms with van der Waals surface area (Å²) in [5.41, 5.74) is 4.81. The number of para-hydroxylation sites is 1.